The Morgan fingerprint density at radius 2 is 2.12 bits per heavy atom. The third kappa shape index (κ3) is 2.89. The predicted octanol–water partition coefficient (Wildman–Crippen LogP) is 2.62. The lowest BCUT2D eigenvalue weighted by Gasteiger charge is -2.24. The number of methoxy groups -OCH3 is 1. The van der Waals surface area contributed by atoms with Crippen LogP contribution in [0.1, 0.15) is 12.8 Å². The SMILES string of the molecule is COc1cc(NC2CCNCC2)ccc1Br. The van der Waals surface area contributed by atoms with Gasteiger partial charge in [0.1, 0.15) is 5.75 Å². The molecule has 1 aromatic carbocycles. The number of hydrogen-bond donors (Lipinski definition) is 2. The number of piperidine rings is 1. The van der Waals surface area contributed by atoms with Crippen LogP contribution in [-0.2, 0) is 0 Å². The molecule has 2 N–H and O–H groups in total. The van der Waals surface area contributed by atoms with Crippen LogP contribution < -0.4 is 15.4 Å². The zero-order valence-corrected chi connectivity index (χ0v) is 11.0. The third-order valence-corrected chi connectivity index (χ3v) is 3.52. The molecule has 0 saturated carbocycles. The summed E-state index contributed by atoms with van der Waals surface area (Å²) >= 11 is 3.45. The van der Waals surface area contributed by atoms with Crippen LogP contribution in [0.5, 0.6) is 5.75 Å². The minimum Gasteiger partial charge on any atom is -0.495 e. The molecule has 1 fully saturated rings. The van der Waals surface area contributed by atoms with Gasteiger partial charge in [0.15, 0.2) is 0 Å². The van der Waals surface area contributed by atoms with Gasteiger partial charge in [-0.1, -0.05) is 0 Å². The maximum Gasteiger partial charge on any atom is 0.135 e. The fraction of sp³-hybridized carbons (Fsp3) is 0.500. The van der Waals surface area contributed by atoms with E-state index in [4.69, 9.17) is 4.74 Å². The lowest BCUT2D eigenvalue weighted by Crippen LogP contribution is -2.35. The molecule has 0 radical (unpaired) electrons. The van der Waals surface area contributed by atoms with E-state index in [1.54, 1.807) is 7.11 Å². The summed E-state index contributed by atoms with van der Waals surface area (Å²) < 4.78 is 6.27. The van der Waals surface area contributed by atoms with Crippen LogP contribution in [0.4, 0.5) is 5.69 Å². The predicted molar refractivity (Wildman–Crippen MR) is 70.2 cm³/mol. The second kappa shape index (κ2) is 5.55. The number of anilines is 1. The fourth-order valence-corrected chi connectivity index (χ4v) is 2.36. The summed E-state index contributed by atoms with van der Waals surface area (Å²) in [7, 11) is 1.69. The van der Waals surface area contributed by atoms with Gasteiger partial charge in [0.25, 0.3) is 0 Å². The molecule has 1 aliphatic rings. The number of halogens is 1. The van der Waals surface area contributed by atoms with Gasteiger partial charge in [-0.25, -0.2) is 0 Å². The van der Waals surface area contributed by atoms with Crippen molar-refractivity contribution >= 4 is 21.6 Å². The van der Waals surface area contributed by atoms with Crippen molar-refractivity contribution in [2.24, 2.45) is 0 Å². The molecule has 0 aliphatic carbocycles. The van der Waals surface area contributed by atoms with E-state index >= 15 is 0 Å². The third-order valence-electron chi connectivity index (χ3n) is 2.86. The number of hydrogen-bond acceptors (Lipinski definition) is 3. The van der Waals surface area contributed by atoms with E-state index in [0.717, 1.165) is 29.0 Å². The molecule has 4 heteroatoms. The summed E-state index contributed by atoms with van der Waals surface area (Å²) in [5.74, 6) is 0.874. The molecule has 1 heterocycles. The smallest absolute Gasteiger partial charge is 0.135 e. The molecule has 0 spiro atoms. The molecule has 0 aromatic heterocycles. The van der Waals surface area contributed by atoms with Crippen molar-refractivity contribution in [1.82, 2.24) is 5.32 Å². The van der Waals surface area contributed by atoms with Crippen molar-refractivity contribution in [1.29, 1.82) is 0 Å². The molecular weight excluding hydrogens is 268 g/mol. The first-order valence-corrected chi connectivity index (χ1v) is 6.39. The van der Waals surface area contributed by atoms with E-state index in [9.17, 15) is 0 Å². The molecular formula is C12H17BrN2O. The Balaban J connectivity index is 2.03. The Morgan fingerprint density at radius 3 is 2.81 bits per heavy atom. The van der Waals surface area contributed by atoms with Crippen LogP contribution >= 0.6 is 15.9 Å². The van der Waals surface area contributed by atoms with Gasteiger partial charge in [0.2, 0.25) is 0 Å². The standard InChI is InChI=1S/C12H17BrN2O/c1-16-12-8-10(2-3-11(12)13)15-9-4-6-14-7-5-9/h2-3,8-9,14-15H,4-7H2,1H3. The summed E-state index contributed by atoms with van der Waals surface area (Å²) in [6, 6.07) is 6.70. The lowest BCUT2D eigenvalue weighted by molar-refractivity contribution is 0.412. The summed E-state index contributed by atoms with van der Waals surface area (Å²) in [6.45, 7) is 2.21. The van der Waals surface area contributed by atoms with E-state index in [1.807, 2.05) is 12.1 Å². The Hall–Kier alpha value is -0.740. The van der Waals surface area contributed by atoms with Crippen molar-refractivity contribution in [3.05, 3.63) is 22.7 Å². The van der Waals surface area contributed by atoms with Gasteiger partial charge in [-0.3, -0.25) is 0 Å². The molecule has 3 nitrogen and oxygen atoms in total. The van der Waals surface area contributed by atoms with Gasteiger partial charge >= 0.3 is 0 Å². The van der Waals surface area contributed by atoms with Gasteiger partial charge in [0, 0.05) is 17.8 Å². The second-order valence-electron chi connectivity index (χ2n) is 4.02. The number of rotatable bonds is 3. The van der Waals surface area contributed by atoms with Crippen LogP contribution in [0.15, 0.2) is 22.7 Å². The first-order valence-electron chi connectivity index (χ1n) is 5.60. The van der Waals surface area contributed by atoms with Crippen molar-refractivity contribution in [3.8, 4) is 5.75 Å². The summed E-state index contributed by atoms with van der Waals surface area (Å²) in [5, 5.41) is 6.90. The molecule has 16 heavy (non-hydrogen) atoms. The molecule has 88 valence electrons. The van der Waals surface area contributed by atoms with Crippen LogP contribution in [0, 0.1) is 0 Å². The molecule has 0 amide bonds. The van der Waals surface area contributed by atoms with Crippen LogP contribution in [0.2, 0.25) is 0 Å². The van der Waals surface area contributed by atoms with Crippen molar-refractivity contribution < 1.29 is 4.74 Å². The summed E-state index contributed by atoms with van der Waals surface area (Å²) in [5.41, 5.74) is 1.13. The zero-order valence-electron chi connectivity index (χ0n) is 9.42. The maximum absolute atomic E-state index is 5.28. The fourth-order valence-electron chi connectivity index (χ4n) is 1.95. The molecule has 0 bridgehead atoms. The van der Waals surface area contributed by atoms with Crippen molar-refractivity contribution in [3.63, 3.8) is 0 Å². The summed E-state index contributed by atoms with van der Waals surface area (Å²) in [6.07, 6.45) is 2.36. The normalized spacial score (nSPS) is 17.1. The van der Waals surface area contributed by atoms with Crippen molar-refractivity contribution in [2.45, 2.75) is 18.9 Å². The topological polar surface area (TPSA) is 33.3 Å². The largest absolute Gasteiger partial charge is 0.495 e. The molecule has 2 rings (SSSR count). The molecule has 1 saturated heterocycles. The monoisotopic (exact) mass is 284 g/mol. The summed E-state index contributed by atoms with van der Waals surface area (Å²) in [4.78, 5) is 0. The highest BCUT2D eigenvalue weighted by Crippen LogP contribution is 2.28. The Morgan fingerprint density at radius 1 is 1.38 bits per heavy atom. The lowest BCUT2D eigenvalue weighted by atomic mass is 10.1. The highest BCUT2D eigenvalue weighted by molar-refractivity contribution is 9.10. The van der Waals surface area contributed by atoms with E-state index in [0.29, 0.717) is 6.04 Å². The van der Waals surface area contributed by atoms with Gasteiger partial charge in [-0.2, -0.15) is 0 Å². The quantitative estimate of drug-likeness (QED) is 0.895. The van der Waals surface area contributed by atoms with E-state index in [-0.39, 0.29) is 0 Å². The van der Waals surface area contributed by atoms with E-state index in [1.165, 1.54) is 12.8 Å². The Labute approximate surface area is 105 Å². The number of ether oxygens (including phenoxy) is 1. The number of nitrogens with one attached hydrogen (secondary N) is 2. The zero-order chi connectivity index (χ0) is 11.4. The number of benzene rings is 1. The average molecular weight is 285 g/mol. The van der Waals surface area contributed by atoms with E-state index in [2.05, 4.69) is 32.6 Å². The van der Waals surface area contributed by atoms with E-state index < -0.39 is 0 Å². The molecule has 1 aromatic rings. The minimum absolute atomic E-state index is 0.576. The van der Waals surface area contributed by atoms with Gasteiger partial charge in [0.05, 0.1) is 11.6 Å². The maximum atomic E-state index is 5.28. The highest BCUT2D eigenvalue weighted by Gasteiger charge is 2.12. The Kier molecular flexibility index (Phi) is 4.07. The van der Waals surface area contributed by atoms with Crippen LogP contribution in [-0.4, -0.2) is 26.2 Å². The second-order valence-corrected chi connectivity index (χ2v) is 4.87. The van der Waals surface area contributed by atoms with Crippen molar-refractivity contribution in [2.75, 3.05) is 25.5 Å². The first-order chi connectivity index (χ1) is 7.79. The molecule has 1 aliphatic heterocycles. The minimum atomic E-state index is 0.576. The molecule has 0 unspecified atom stereocenters. The average Bonchev–Trinajstić information content (AvgIpc) is 2.33. The first kappa shape index (κ1) is 11.7. The molecule has 0 atom stereocenters. The Bertz CT molecular complexity index is 351. The van der Waals surface area contributed by atoms with Gasteiger partial charge < -0.3 is 15.4 Å². The van der Waals surface area contributed by atoms with Crippen LogP contribution in [0.25, 0.3) is 0 Å². The van der Waals surface area contributed by atoms with Gasteiger partial charge in [-0.05, 0) is 54.0 Å². The van der Waals surface area contributed by atoms with Crippen LogP contribution in [0.3, 0.4) is 0 Å². The highest BCUT2D eigenvalue weighted by atomic mass is 79.9. The van der Waals surface area contributed by atoms with Gasteiger partial charge in [-0.15, -0.1) is 0 Å².